The fraction of sp³-hybridized carbons (Fsp3) is 0.800. The topological polar surface area (TPSA) is 17.1 Å². The van der Waals surface area contributed by atoms with Crippen LogP contribution in [0.15, 0.2) is 11.6 Å². The van der Waals surface area contributed by atoms with Gasteiger partial charge in [-0.3, -0.25) is 4.79 Å². The van der Waals surface area contributed by atoms with Gasteiger partial charge in [0.25, 0.3) is 0 Å². The summed E-state index contributed by atoms with van der Waals surface area (Å²) in [5, 5.41) is 0. The van der Waals surface area contributed by atoms with Crippen molar-refractivity contribution in [3.63, 3.8) is 0 Å². The SMILES string of the molecule is CC1=C[C@@H]2C(C)(C)CCC[C@]2(C)C(=O)CC1. The van der Waals surface area contributed by atoms with Gasteiger partial charge in [0.2, 0.25) is 0 Å². The smallest absolute Gasteiger partial charge is 0.139 e. The number of hydrogen-bond donors (Lipinski definition) is 0. The van der Waals surface area contributed by atoms with Crippen LogP contribution in [-0.4, -0.2) is 5.78 Å². The largest absolute Gasteiger partial charge is 0.299 e. The molecular formula is C15H24O. The average molecular weight is 220 g/mol. The molecule has 2 atom stereocenters. The van der Waals surface area contributed by atoms with Gasteiger partial charge < -0.3 is 0 Å². The maximum absolute atomic E-state index is 12.4. The number of carbonyl (C=O) groups is 1. The third-order valence-corrected chi connectivity index (χ3v) is 4.88. The molecule has 1 heteroatoms. The monoisotopic (exact) mass is 220 g/mol. The molecule has 0 unspecified atom stereocenters. The van der Waals surface area contributed by atoms with Crippen LogP contribution < -0.4 is 0 Å². The Morgan fingerprint density at radius 1 is 1.19 bits per heavy atom. The van der Waals surface area contributed by atoms with E-state index in [-0.39, 0.29) is 10.8 Å². The van der Waals surface area contributed by atoms with Gasteiger partial charge in [-0.1, -0.05) is 38.8 Å². The molecule has 1 nitrogen and oxygen atoms in total. The zero-order valence-electron chi connectivity index (χ0n) is 11.1. The van der Waals surface area contributed by atoms with E-state index in [9.17, 15) is 4.79 Å². The van der Waals surface area contributed by atoms with Gasteiger partial charge in [-0.25, -0.2) is 0 Å². The normalized spacial score (nSPS) is 38.6. The molecule has 0 radical (unpaired) electrons. The Morgan fingerprint density at radius 3 is 2.56 bits per heavy atom. The molecule has 0 spiro atoms. The number of hydrogen-bond acceptors (Lipinski definition) is 1. The van der Waals surface area contributed by atoms with Crippen LogP contribution in [0.4, 0.5) is 0 Å². The van der Waals surface area contributed by atoms with E-state index in [4.69, 9.17) is 0 Å². The Labute approximate surface area is 99.3 Å². The highest BCUT2D eigenvalue weighted by Crippen LogP contribution is 2.54. The molecule has 0 aromatic carbocycles. The molecule has 0 aliphatic heterocycles. The van der Waals surface area contributed by atoms with E-state index in [0.717, 1.165) is 19.3 Å². The number of ketones is 1. The lowest BCUT2D eigenvalue weighted by molar-refractivity contribution is -0.135. The summed E-state index contributed by atoms with van der Waals surface area (Å²) in [7, 11) is 0. The number of fused-ring (bicyclic) bond motifs is 1. The van der Waals surface area contributed by atoms with Crippen LogP contribution in [0.2, 0.25) is 0 Å². The molecule has 0 bridgehead atoms. The minimum Gasteiger partial charge on any atom is -0.299 e. The van der Waals surface area contributed by atoms with E-state index in [2.05, 4.69) is 33.8 Å². The molecular weight excluding hydrogens is 196 g/mol. The van der Waals surface area contributed by atoms with Gasteiger partial charge in [-0.05, 0) is 37.5 Å². The van der Waals surface area contributed by atoms with Gasteiger partial charge in [0.15, 0.2) is 0 Å². The number of carbonyl (C=O) groups excluding carboxylic acids is 1. The molecule has 2 rings (SSSR count). The Hall–Kier alpha value is -0.590. The van der Waals surface area contributed by atoms with Gasteiger partial charge >= 0.3 is 0 Å². The quantitative estimate of drug-likeness (QED) is 0.561. The zero-order chi connectivity index (χ0) is 12.0. The van der Waals surface area contributed by atoms with Crippen LogP contribution in [0.25, 0.3) is 0 Å². The second-order valence-electron chi connectivity index (χ2n) is 6.67. The lowest BCUT2D eigenvalue weighted by Gasteiger charge is -2.48. The van der Waals surface area contributed by atoms with Gasteiger partial charge in [-0.2, -0.15) is 0 Å². The van der Waals surface area contributed by atoms with Crippen LogP contribution >= 0.6 is 0 Å². The Morgan fingerprint density at radius 2 is 1.88 bits per heavy atom. The molecule has 1 saturated carbocycles. The highest BCUT2D eigenvalue weighted by molar-refractivity contribution is 5.86. The van der Waals surface area contributed by atoms with E-state index in [1.54, 1.807) is 0 Å². The van der Waals surface area contributed by atoms with Crippen LogP contribution in [0.3, 0.4) is 0 Å². The van der Waals surface area contributed by atoms with Crippen molar-refractivity contribution in [1.29, 1.82) is 0 Å². The molecule has 0 heterocycles. The van der Waals surface area contributed by atoms with Crippen molar-refractivity contribution in [3.05, 3.63) is 11.6 Å². The summed E-state index contributed by atoms with van der Waals surface area (Å²) in [6.07, 6.45) is 7.68. The van der Waals surface area contributed by atoms with Crippen LogP contribution in [0.5, 0.6) is 0 Å². The highest BCUT2D eigenvalue weighted by atomic mass is 16.1. The standard InChI is InChI=1S/C15H24O/c1-11-6-7-13(16)15(4)9-5-8-14(2,3)12(15)10-11/h10,12H,5-9H2,1-4H3/t12-,15+/m1/s1. The fourth-order valence-corrected chi connectivity index (χ4v) is 3.77. The van der Waals surface area contributed by atoms with E-state index in [0.29, 0.717) is 11.7 Å². The van der Waals surface area contributed by atoms with Crippen molar-refractivity contribution in [1.82, 2.24) is 0 Å². The van der Waals surface area contributed by atoms with Gasteiger partial charge in [0.05, 0.1) is 0 Å². The van der Waals surface area contributed by atoms with Crippen LogP contribution in [0, 0.1) is 16.7 Å². The van der Waals surface area contributed by atoms with E-state index in [1.165, 1.54) is 18.4 Å². The summed E-state index contributed by atoms with van der Waals surface area (Å²) in [4.78, 5) is 12.4. The first-order valence-electron chi connectivity index (χ1n) is 6.57. The zero-order valence-corrected chi connectivity index (χ0v) is 11.1. The first-order chi connectivity index (χ1) is 7.36. The molecule has 0 aromatic heterocycles. The molecule has 0 N–H and O–H groups in total. The molecule has 90 valence electrons. The van der Waals surface area contributed by atoms with Crippen molar-refractivity contribution in [2.24, 2.45) is 16.7 Å². The lowest BCUT2D eigenvalue weighted by Crippen LogP contribution is -2.45. The first-order valence-corrected chi connectivity index (χ1v) is 6.57. The highest BCUT2D eigenvalue weighted by Gasteiger charge is 2.49. The number of allylic oxidation sites excluding steroid dienone is 2. The molecule has 2 aliphatic carbocycles. The maximum Gasteiger partial charge on any atom is 0.139 e. The summed E-state index contributed by atoms with van der Waals surface area (Å²) < 4.78 is 0. The summed E-state index contributed by atoms with van der Waals surface area (Å²) in [5.74, 6) is 0.946. The molecule has 2 aliphatic rings. The minimum absolute atomic E-state index is 0.0838. The molecule has 0 saturated heterocycles. The summed E-state index contributed by atoms with van der Waals surface area (Å²) >= 11 is 0. The number of rotatable bonds is 0. The lowest BCUT2D eigenvalue weighted by atomic mass is 9.55. The fourth-order valence-electron chi connectivity index (χ4n) is 3.77. The Kier molecular flexibility index (Phi) is 2.76. The average Bonchev–Trinajstić information content (AvgIpc) is 2.29. The predicted octanol–water partition coefficient (Wildman–Crippen LogP) is 4.13. The van der Waals surface area contributed by atoms with Crippen molar-refractivity contribution < 1.29 is 4.79 Å². The van der Waals surface area contributed by atoms with E-state index < -0.39 is 0 Å². The molecule has 1 fully saturated rings. The molecule has 0 amide bonds. The third-order valence-electron chi connectivity index (χ3n) is 4.88. The second-order valence-corrected chi connectivity index (χ2v) is 6.67. The molecule has 16 heavy (non-hydrogen) atoms. The third kappa shape index (κ3) is 1.74. The van der Waals surface area contributed by atoms with Gasteiger partial charge in [0.1, 0.15) is 5.78 Å². The molecule has 0 aromatic rings. The van der Waals surface area contributed by atoms with Crippen molar-refractivity contribution >= 4 is 5.78 Å². The predicted molar refractivity (Wildman–Crippen MR) is 67.2 cm³/mol. The van der Waals surface area contributed by atoms with Gasteiger partial charge in [0, 0.05) is 11.8 Å². The van der Waals surface area contributed by atoms with E-state index >= 15 is 0 Å². The van der Waals surface area contributed by atoms with Crippen molar-refractivity contribution in [3.8, 4) is 0 Å². The van der Waals surface area contributed by atoms with Crippen molar-refractivity contribution in [2.45, 2.75) is 59.8 Å². The summed E-state index contributed by atoms with van der Waals surface area (Å²) in [6, 6.07) is 0. The first kappa shape index (κ1) is 11.9. The summed E-state index contributed by atoms with van der Waals surface area (Å²) in [6.45, 7) is 9.05. The summed E-state index contributed by atoms with van der Waals surface area (Å²) in [5.41, 5.74) is 1.62. The van der Waals surface area contributed by atoms with Crippen LogP contribution in [-0.2, 0) is 4.79 Å². The Balaban J connectivity index is 2.46. The Bertz CT molecular complexity index is 337. The van der Waals surface area contributed by atoms with Crippen LogP contribution in [0.1, 0.15) is 59.8 Å². The maximum atomic E-state index is 12.4. The van der Waals surface area contributed by atoms with Crippen molar-refractivity contribution in [2.75, 3.05) is 0 Å². The second kappa shape index (κ2) is 3.72. The number of Topliss-reactive ketones (excluding diaryl/α,β-unsaturated/α-hetero) is 1. The van der Waals surface area contributed by atoms with Gasteiger partial charge in [-0.15, -0.1) is 0 Å². The minimum atomic E-state index is -0.0838. The van der Waals surface area contributed by atoms with E-state index in [1.807, 2.05) is 0 Å².